The summed E-state index contributed by atoms with van der Waals surface area (Å²) in [7, 11) is 0. The zero-order valence-electron chi connectivity index (χ0n) is 16.8. The number of rotatable bonds is 11. The van der Waals surface area contributed by atoms with Crippen molar-refractivity contribution in [1.82, 2.24) is 0 Å². The van der Waals surface area contributed by atoms with Gasteiger partial charge in [-0.05, 0) is 37.1 Å². The lowest BCUT2D eigenvalue weighted by molar-refractivity contribution is 0.566. The third-order valence-corrected chi connectivity index (χ3v) is 7.96. The van der Waals surface area contributed by atoms with Crippen LogP contribution >= 0.6 is 23.5 Å². The SMILES string of the molecule is c1ccc2c(c1)SCN2CCCCCCCCCCN1CSc2ccccc21. The molecule has 0 unspecified atom stereocenters. The molecule has 0 bridgehead atoms. The van der Waals surface area contributed by atoms with Crippen LogP contribution in [0.15, 0.2) is 58.3 Å². The monoisotopic (exact) mass is 412 g/mol. The quantitative estimate of drug-likeness (QED) is 0.358. The van der Waals surface area contributed by atoms with Crippen molar-refractivity contribution in [1.29, 1.82) is 0 Å². The molecule has 0 radical (unpaired) electrons. The van der Waals surface area contributed by atoms with Gasteiger partial charge in [-0.1, -0.05) is 62.8 Å². The van der Waals surface area contributed by atoms with Crippen LogP contribution < -0.4 is 9.80 Å². The lowest BCUT2D eigenvalue weighted by Crippen LogP contribution is -2.20. The molecule has 0 N–H and O–H groups in total. The Hall–Kier alpha value is -1.26. The van der Waals surface area contributed by atoms with Crippen LogP contribution in [0.5, 0.6) is 0 Å². The minimum atomic E-state index is 1.14. The zero-order valence-corrected chi connectivity index (χ0v) is 18.4. The lowest BCUT2D eigenvalue weighted by atomic mass is 10.1. The summed E-state index contributed by atoms with van der Waals surface area (Å²) in [6, 6.07) is 17.7. The highest BCUT2D eigenvalue weighted by Crippen LogP contribution is 2.38. The summed E-state index contributed by atoms with van der Waals surface area (Å²) in [5.74, 6) is 2.28. The van der Waals surface area contributed by atoms with Gasteiger partial charge in [-0.2, -0.15) is 0 Å². The van der Waals surface area contributed by atoms with Crippen molar-refractivity contribution in [3.63, 3.8) is 0 Å². The van der Waals surface area contributed by atoms with Crippen LogP contribution in [-0.2, 0) is 0 Å². The van der Waals surface area contributed by atoms with Gasteiger partial charge in [0.2, 0.25) is 0 Å². The predicted molar refractivity (Wildman–Crippen MR) is 126 cm³/mol. The molecule has 0 spiro atoms. The average Bonchev–Trinajstić information content (AvgIpc) is 3.34. The number of nitrogens with zero attached hydrogens (tertiary/aromatic N) is 2. The zero-order chi connectivity index (χ0) is 19.0. The summed E-state index contributed by atoms with van der Waals surface area (Å²) in [6.45, 7) is 2.44. The van der Waals surface area contributed by atoms with Gasteiger partial charge in [0, 0.05) is 22.9 Å². The molecule has 0 atom stereocenters. The third-order valence-electron chi connectivity index (χ3n) is 5.77. The van der Waals surface area contributed by atoms with E-state index in [1.165, 1.54) is 85.6 Å². The molecule has 0 aromatic heterocycles. The number of fused-ring (bicyclic) bond motifs is 2. The Kier molecular flexibility index (Phi) is 7.51. The van der Waals surface area contributed by atoms with E-state index < -0.39 is 0 Å². The number of hydrogen-bond donors (Lipinski definition) is 0. The summed E-state index contributed by atoms with van der Waals surface area (Å²) in [5, 5.41) is 0. The molecule has 0 saturated carbocycles. The fraction of sp³-hybridized carbons (Fsp3) is 0.500. The molecule has 2 aliphatic rings. The second-order valence-corrected chi connectivity index (χ2v) is 9.81. The maximum atomic E-state index is 2.55. The predicted octanol–water partition coefficient (Wildman–Crippen LogP) is 7.25. The van der Waals surface area contributed by atoms with Crippen molar-refractivity contribution in [2.75, 3.05) is 34.6 Å². The van der Waals surface area contributed by atoms with Crippen LogP contribution in [-0.4, -0.2) is 24.8 Å². The maximum Gasteiger partial charge on any atom is 0.0686 e. The van der Waals surface area contributed by atoms with Gasteiger partial charge >= 0.3 is 0 Å². The van der Waals surface area contributed by atoms with Crippen molar-refractivity contribution < 1.29 is 0 Å². The first-order chi connectivity index (χ1) is 13.9. The molecule has 2 aromatic carbocycles. The molecular weight excluding hydrogens is 380 g/mol. The number of benzene rings is 2. The standard InChI is InChI=1S/C24H32N2S2/c1(3-5-11-17-25-19-27-23-15-9-7-13-21(23)25)2-4-6-12-18-26-20-28-24-16-10-8-14-22(24)26/h7-10,13-16H,1-6,11-12,17-20H2. The van der Waals surface area contributed by atoms with Crippen LogP contribution in [0.2, 0.25) is 0 Å². The average molecular weight is 413 g/mol. The maximum absolute atomic E-state index is 2.55. The summed E-state index contributed by atoms with van der Waals surface area (Å²) < 4.78 is 0. The number of para-hydroxylation sites is 2. The van der Waals surface area contributed by atoms with E-state index >= 15 is 0 Å². The molecule has 0 saturated heterocycles. The van der Waals surface area contributed by atoms with Gasteiger partial charge in [-0.3, -0.25) is 0 Å². The van der Waals surface area contributed by atoms with Crippen molar-refractivity contribution in [2.45, 2.75) is 61.2 Å². The van der Waals surface area contributed by atoms with Crippen LogP contribution in [0.25, 0.3) is 0 Å². The van der Waals surface area contributed by atoms with Crippen molar-refractivity contribution in [3.05, 3.63) is 48.5 Å². The van der Waals surface area contributed by atoms with Crippen molar-refractivity contribution >= 4 is 34.9 Å². The van der Waals surface area contributed by atoms with Crippen LogP contribution in [0.4, 0.5) is 11.4 Å². The van der Waals surface area contributed by atoms with Crippen molar-refractivity contribution in [2.24, 2.45) is 0 Å². The smallest absolute Gasteiger partial charge is 0.0686 e. The number of unbranched alkanes of at least 4 members (excludes halogenated alkanes) is 7. The Morgan fingerprint density at radius 2 is 0.929 bits per heavy atom. The summed E-state index contributed by atoms with van der Waals surface area (Å²) in [4.78, 5) is 8.01. The Balaban J connectivity index is 1.00. The molecule has 2 aliphatic heterocycles. The van der Waals surface area contributed by atoms with Gasteiger partial charge in [0.25, 0.3) is 0 Å². The number of anilines is 2. The summed E-state index contributed by atoms with van der Waals surface area (Å²) >= 11 is 3.96. The summed E-state index contributed by atoms with van der Waals surface area (Å²) in [6.07, 6.45) is 11.1. The molecule has 2 heterocycles. The third kappa shape index (κ3) is 5.21. The van der Waals surface area contributed by atoms with E-state index in [2.05, 4.69) is 58.3 Å². The normalized spacial score (nSPS) is 15.1. The Bertz CT molecular complexity index is 685. The topological polar surface area (TPSA) is 6.48 Å². The minimum absolute atomic E-state index is 1.14. The van der Waals surface area contributed by atoms with Crippen LogP contribution in [0.3, 0.4) is 0 Å². The van der Waals surface area contributed by atoms with Gasteiger partial charge in [-0.15, -0.1) is 23.5 Å². The second kappa shape index (κ2) is 10.5. The van der Waals surface area contributed by atoms with Gasteiger partial charge < -0.3 is 9.80 Å². The Labute approximate surface area is 179 Å². The molecule has 2 aromatic rings. The molecule has 150 valence electrons. The van der Waals surface area contributed by atoms with E-state index in [0.717, 1.165) is 11.8 Å². The molecular formula is C24H32N2S2. The first-order valence-electron chi connectivity index (χ1n) is 10.9. The molecule has 0 fully saturated rings. The fourth-order valence-electron chi connectivity index (χ4n) is 4.15. The van der Waals surface area contributed by atoms with E-state index in [1.807, 2.05) is 23.5 Å². The molecule has 28 heavy (non-hydrogen) atoms. The first kappa shape index (κ1) is 20.0. The molecule has 2 nitrogen and oxygen atoms in total. The second-order valence-electron chi connectivity index (χ2n) is 7.84. The van der Waals surface area contributed by atoms with E-state index in [-0.39, 0.29) is 0 Å². The van der Waals surface area contributed by atoms with Crippen molar-refractivity contribution in [3.8, 4) is 0 Å². The van der Waals surface area contributed by atoms with E-state index in [0.29, 0.717) is 0 Å². The highest BCUT2D eigenvalue weighted by Gasteiger charge is 2.18. The molecule has 0 aliphatic carbocycles. The molecule has 4 rings (SSSR count). The van der Waals surface area contributed by atoms with Gasteiger partial charge in [0.1, 0.15) is 0 Å². The molecule has 0 amide bonds. The Morgan fingerprint density at radius 3 is 1.39 bits per heavy atom. The van der Waals surface area contributed by atoms with Crippen LogP contribution in [0, 0.1) is 0 Å². The van der Waals surface area contributed by atoms with E-state index in [9.17, 15) is 0 Å². The number of thioether (sulfide) groups is 2. The van der Waals surface area contributed by atoms with Gasteiger partial charge in [0.05, 0.1) is 23.1 Å². The van der Waals surface area contributed by atoms with Gasteiger partial charge in [0.15, 0.2) is 0 Å². The Morgan fingerprint density at radius 1 is 0.536 bits per heavy atom. The first-order valence-corrected chi connectivity index (χ1v) is 12.8. The largest absolute Gasteiger partial charge is 0.361 e. The lowest BCUT2D eigenvalue weighted by Gasteiger charge is -2.18. The number of hydrogen-bond acceptors (Lipinski definition) is 4. The van der Waals surface area contributed by atoms with E-state index in [1.54, 1.807) is 0 Å². The van der Waals surface area contributed by atoms with Gasteiger partial charge in [-0.25, -0.2) is 0 Å². The summed E-state index contributed by atoms with van der Waals surface area (Å²) in [5.41, 5.74) is 2.90. The molecule has 4 heteroatoms. The van der Waals surface area contributed by atoms with Crippen LogP contribution in [0.1, 0.15) is 51.4 Å². The highest BCUT2D eigenvalue weighted by molar-refractivity contribution is 8.00. The van der Waals surface area contributed by atoms with E-state index in [4.69, 9.17) is 0 Å². The fourth-order valence-corrected chi connectivity index (χ4v) is 6.32. The highest BCUT2D eigenvalue weighted by atomic mass is 32.2. The minimum Gasteiger partial charge on any atom is -0.361 e.